The third-order valence-corrected chi connectivity index (χ3v) is 3.29. The van der Waals surface area contributed by atoms with E-state index in [1.807, 2.05) is 0 Å². The van der Waals surface area contributed by atoms with Crippen LogP contribution in [0, 0.1) is 5.82 Å². The zero-order valence-corrected chi connectivity index (χ0v) is 10.5. The average Bonchev–Trinajstić information content (AvgIpc) is 3.08. The number of hydrogen-bond donors (Lipinski definition) is 2. The fourth-order valence-corrected chi connectivity index (χ4v) is 2.25. The second kappa shape index (κ2) is 5.56. The Morgan fingerprint density at radius 2 is 2.32 bits per heavy atom. The van der Waals surface area contributed by atoms with Crippen LogP contribution in [0.5, 0.6) is 0 Å². The second-order valence-corrected chi connectivity index (χ2v) is 4.62. The van der Waals surface area contributed by atoms with Gasteiger partial charge in [0.15, 0.2) is 11.4 Å². The molecule has 1 saturated heterocycles. The van der Waals surface area contributed by atoms with E-state index in [0.717, 1.165) is 25.2 Å². The Morgan fingerprint density at radius 1 is 1.42 bits per heavy atom. The zero-order valence-electron chi connectivity index (χ0n) is 10.5. The maximum atomic E-state index is 13.8. The Labute approximate surface area is 110 Å². The van der Waals surface area contributed by atoms with Gasteiger partial charge in [0.05, 0.1) is 6.10 Å². The highest BCUT2D eigenvalue weighted by Gasteiger charge is 2.24. The molecule has 0 aromatic heterocycles. The summed E-state index contributed by atoms with van der Waals surface area (Å²) in [5, 5.41) is 11.1. The van der Waals surface area contributed by atoms with Gasteiger partial charge in [-0.1, -0.05) is 17.2 Å². The molecule has 0 aliphatic carbocycles. The Balaban J connectivity index is 1.75. The van der Waals surface area contributed by atoms with Crippen molar-refractivity contribution in [2.45, 2.75) is 12.5 Å². The summed E-state index contributed by atoms with van der Waals surface area (Å²) in [6, 6.07) is 6.59. The van der Waals surface area contributed by atoms with Crippen molar-refractivity contribution < 1.29 is 14.6 Å². The Hall–Kier alpha value is -1.63. The Bertz CT molecular complexity index is 523. The van der Waals surface area contributed by atoms with Crippen LogP contribution in [0.3, 0.4) is 0 Å². The van der Waals surface area contributed by atoms with Gasteiger partial charge in [-0.05, 0) is 25.1 Å². The van der Waals surface area contributed by atoms with Crippen molar-refractivity contribution >= 4 is 5.70 Å². The number of halogens is 1. The van der Waals surface area contributed by atoms with Crippen molar-refractivity contribution in [1.82, 2.24) is 5.32 Å². The van der Waals surface area contributed by atoms with E-state index in [4.69, 9.17) is 4.74 Å². The lowest BCUT2D eigenvalue weighted by atomic mass is 10.1. The summed E-state index contributed by atoms with van der Waals surface area (Å²) in [5.74, 6) is -0.285. The number of hydrogen-bond acceptors (Lipinski definition) is 4. The van der Waals surface area contributed by atoms with Crippen LogP contribution < -0.4 is 10.7 Å². The lowest BCUT2D eigenvalue weighted by molar-refractivity contribution is -0.616. The monoisotopic (exact) mass is 263 g/mol. The highest BCUT2D eigenvalue weighted by atomic mass is 19.1. The molecular formula is C13H16FN4O+. The van der Waals surface area contributed by atoms with E-state index in [9.17, 15) is 4.39 Å². The minimum atomic E-state index is -0.285. The number of nitrogens with zero attached hydrogens (tertiary/aromatic N) is 2. The average molecular weight is 263 g/mol. The highest BCUT2D eigenvalue weighted by Crippen LogP contribution is 2.23. The minimum Gasteiger partial charge on any atom is -0.366 e. The molecule has 2 aliphatic heterocycles. The molecule has 19 heavy (non-hydrogen) atoms. The van der Waals surface area contributed by atoms with E-state index in [-0.39, 0.29) is 11.9 Å². The van der Waals surface area contributed by atoms with Crippen LogP contribution >= 0.6 is 0 Å². The maximum Gasteiger partial charge on any atom is 0.188 e. The first kappa shape index (κ1) is 12.4. The van der Waals surface area contributed by atoms with E-state index in [2.05, 4.69) is 15.7 Å². The van der Waals surface area contributed by atoms with Gasteiger partial charge in [-0.15, -0.1) is 0 Å². The van der Waals surface area contributed by atoms with Crippen LogP contribution in [0.4, 0.5) is 4.39 Å². The molecule has 0 spiro atoms. The van der Waals surface area contributed by atoms with E-state index in [0.29, 0.717) is 17.9 Å². The molecule has 0 saturated carbocycles. The largest absolute Gasteiger partial charge is 0.366 e. The van der Waals surface area contributed by atoms with Crippen LogP contribution in [0.15, 0.2) is 40.3 Å². The minimum absolute atomic E-state index is 0.225. The van der Waals surface area contributed by atoms with Gasteiger partial charge in [0, 0.05) is 17.3 Å². The molecule has 5 nitrogen and oxygen atoms in total. The fourth-order valence-electron chi connectivity index (χ4n) is 2.25. The van der Waals surface area contributed by atoms with Gasteiger partial charge in [0.25, 0.3) is 0 Å². The third-order valence-electron chi connectivity index (χ3n) is 3.29. The van der Waals surface area contributed by atoms with Gasteiger partial charge >= 0.3 is 0 Å². The third kappa shape index (κ3) is 2.70. The first-order valence-electron chi connectivity index (χ1n) is 6.39. The molecule has 1 fully saturated rings. The molecule has 1 atom stereocenters. The lowest BCUT2D eigenvalue weighted by Crippen LogP contribution is -2.75. The van der Waals surface area contributed by atoms with Crippen molar-refractivity contribution in [3.05, 3.63) is 41.3 Å². The number of ether oxygens (including phenoxy) is 1. The Morgan fingerprint density at radius 3 is 3.11 bits per heavy atom. The zero-order chi connectivity index (χ0) is 13.1. The van der Waals surface area contributed by atoms with Crippen molar-refractivity contribution in [3.63, 3.8) is 0 Å². The van der Waals surface area contributed by atoms with Gasteiger partial charge < -0.3 is 10.1 Å². The molecule has 3 rings (SSSR count). The molecular weight excluding hydrogens is 247 g/mol. The first-order chi connectivity index (χ1) is 9.34. The molecule has 0 radical (unpaired) electrons. The van der Waals surface area contributed by atoms with Gasteiger partial charge in [-0.25, -0.2) is 4.39 Å². The molecule has 0 amide bonds. The van der Waals surface area contributed by atoms with Gasteiger partial charge in [0.1, 0.15) is 12.4 Å². The van der Waals surface area contributed by atoms with Gasteiger partial charge in [-0.3, -0.25) is 0 Å². The van der Waals surface area contributed by atoms with Crippen LogP contribution in [0.1, 0.15) is 12.0 Å². The molecule has 2 heterocycles. The smallest absolute Gasteiger partial charge is 0.188 e. The number of nitrogens with one attached hydrogen (secondary N) is 1. The van der Waals surface area contributed by atoms with Crippen molar-refractivity contribution in [2.75, 3.05) is 19.7 Å². The summed E-state index contributed by atoms with van der Waals surface area (Å²) >= 11 is 0. The predicted octanol–water partition coefficient (Wildman–Crippen LogP) is 0.817. The molecule has 3 N–H and O–H groups in total. The number of nitrogens with two attached hydrogens (primary N) is 1. The predicted molar refractivity (Wildman–Crippen MR) is 67.3 cm³/mol. The molecule has 6 heteroatoms. The number of benzene rings is 1. The summed E-state index contributed by atoms with van der Waals surface area (Å²) in [6.07, 6.45) is 1.24. The van der Waals surface area contributed by atoms with E-state index < -0.39 is 0 Å². The topological polar surface area (TPSA) is 62.6 Å². The number of rotatable bonds is 4. The molecule has 1 unspecified atom stereocenters. The molecule has 0 bridgehead atoms. The molecule has 1 aromatic rings. The van der Waals surface area contributed by atoms with Gasteiger partial charge in [0.2, 0.25) is 0 Å². The highest BCUT2D eigenvalue weighted by molar-refractivity contribution is 5.66. The van der Waals surface area contributed by atoms with E-state index in [1.54, 1.807) is 23.6 Å². The second-order valence-electron chi connectivity index (χ2n) is 4.62. The molecule has 2 aliphatic rings. The number of quaternary nitrogens is 1. The van der Waals surface area contributed by atoms with Crippen molar-refractivity contribution in [3.8, 4) is 0 Å². The van der Waals surface area contributed by atoms with E-state index >= 15 is 0 Å². The van der Waals surface area contributed by atoms with Crippen LogP contribution in [-0.4, -0.2) is 25.8 Å². The first-order valence-corrected chi connectivity index (χ1v) is 6.39. The fraction of sp³-hybridized carbons (Fsp3) is 0.385. The Kier molecular flexibility index (Phi) is 3.63. The quantitative estimate of drug-likeness (QED) is 0.790. The summed E-state index contributed by atoms with van der Waals surface area (Å²) in [6.45, 7) is 2.28. The van der Waals surface area contributed by atoms with Crippen molar-refractivity contribution in [2.24, 2.45) is 10.3 Å². The molecule has 100 valence electrons. The summed E-state index contributed by atoms with van der Waals surface area (Å²) < 4.78 is 19.5. The standard InChI is InChI=1S/C13H15FN4O/c14-11-4-2-1-3-10(11)13-12(16-18-17-13)8-19-9-5-6-15-7-9/h1-4,9,15H,5-8H2,(H,16,17,18)/p+1. The summed E-state index contributed by atoms with van der Waals surface area (Å²) in [5.41, 5.74) is 3.52. The van der Waals surface area contributed by atoms with Crippen LogP contribution in [0.2, 0.25) is 0 Å². The van der Waals surface area contributed by atoms with Crippen molar-refractivity contribution in [1.29, 1.82) is 0 Å². The summed E-state index contributed by atoms with van der Waals surface area (Å²) in [4.78, 5) is 0. The SMILES string of the molecule is Fc1ccccc1C1=C(COC2CCNC2)[NH2+]N=N1. The van der Waals surface area contributed by atoms with E-state index in [1.165, 1.54) is 6.07 Å². The van der Waals surface area contributed by atoms with Crippen LogP contribution in [-0.2, 0) is 4.74 Å². The normalized spacial score (nSPS) is 22.5. The maximum absolute atomic E-state index is 13.8. The molecule has 1 aromatic carbocycles. The van der Waals surface area contributed by atoms with Crippen LogP contribution in [0.25, 0.3) is 5.70 Å². The van der Waals surface area contributed by atoms with Gasteiger partial charge in [-0.2, -0.15) is 5.43 Å². The summed E-state index contributed by atoms with van der Waals surface area (Å²) in [7, 11) is 0. The lowest BCUT2D eigenvalue weighted by Gasteiger charge is -2.09.